The number of ether oxygens (including phenoxy) is 1. The summed E-state index contributed by atoms with van der Waals surface area (Å²) in [6.07, 6.45) is 4.25. The van der Waals surface area contributed by atoms with Gasteiger partial charge in [-0.05, 0) is 54.7 Å². The van der Waals surface area contributed by atoms with Crippen LogP contribution in [0.2, 0.25) is 0 Å². The fraction of sp³-hybridized carbons (Fsp3) is 0.320. The molecule has 34 heavy (non-hydrogen) atoms. The normalized spacial score (nSPS) is 20.8. The zero-order valence-electron chi connectivity index (χ0n) is 19.0. The molecule has 1 unspecified atom stereocenters. The van der Waals surface area contributed by atoms with Crippen LogP contribution in [0, 0.1) is 5.41 Å². The van der Waals surface area contributed by atoms with Gasteiger partial charge in [-0.25, -0.2) is 18.1 Å². The standard InChI is InChI=1S/C25H26N4O4S/c1-25(2)12-4-3-11-20(25)21-15-22-28-24(27-21)29-34(31,32)19-10-6-8-17(14-19)26-23(30)16-7-5-9-18(13-16)33-22/h5-10,13-15,20H,3-4,11-12H2,1-2H3,(H,26,30)(H,27,28,29). The summed E-state index contributed by atoms with van der Waals surface area (Å²) in [4.78, 5) is 21.7. The summed E-state index contributed by atoms with van der Waals surface area (Å²) in [6.45, 7) is 4.42. The topological polar surface area (TPSA) is 110 Å². The maximum absolute atomic E-state index is 13.2. The van der Waals surface area contributed by atoms with Crippen molar-refractivity contribution in [1.82, 2.24) is 9.97 Å². The lowest BCUT2D eigenvalue weighted by Gasteiger charge is -2.38. The molecule has 6 bridgehead atoms. The van der Waals surface area contributed by atoms with Gasteiger partial charge in [0.25, 0.3) is 15.9 Å². The lowest BCUT2D eigenvalue weighted by atomic mass is 9.67. The van der Waals surface area contributed by atoms with Gasteiger partial charge >= 0.3 is 0 Å². The molecule has 176 valence electrons. The molecule has 2 heterocycles. The highest BCUT2D eigenvalue weighted by molar-refractivity contribution is 7.92. The molecule has 9 heteroatoms. The van der Waals surface area contributed by atoms with Gasteiger partial charge < -0.3 is 10.1 Å². The van der Waals surface area contributed by atoms with Crippen molar-refractivity contribution in [3.63, 3.8) is 0 Å². The van der Waals surface area contributed by atoms with Gasteiger partial charge in [0.2, 0.25) is 11.8 Å². The number of benzene rings is 2. The molecule has 8 nitrogen and oxygen atoms in total. The van der Waals surface area contributed by atoms with E-state index in [4.69, 9.17) is 4.74 Å². The van der Waals surface area contributed by atoms with Crippen LogP contribution in [0.15, 0.2) is 59.5 Å². The molecule has 1 fully saturated rings. The van der Waals surface area contributed by atoms with Crippen molar-refractivity contribution in [1.29, 1.82) is 0 Å². The third kappa shape index (κ3) is 4.48. The zero-order chi connectivity index (χ0) is 23.9. The number of carbonyl (C=O) groups excluding carboxylic acids is 1. The minimum Gasteiger partial charge on any atom is -0.439 e. The molecular formula is C25H26N4O4S. The number of amides is 1. The Labute approximate surface area is 198 Å². The molecule has 2 N–H and O–H groups in total. The highest BCUT2D eigenvalue weighted by Crippen LogP contribution is 2.47. The number of hydrogen-bond donors (Lipinski definition) is 2. The van der Waals surface area contributed by atoms with Crippen molar-refractivity contribution in [2.45, 2.75) is 50.3 Å². The van der Waals surface area contributed by atoms with Gasteiger partial charge in [-0.15, -0.1) is 0 Å². The molecule has 1 aliphatic heterocycles. The van der Waals surface area contributed by atoms with E-state index >= 15 is 0 Å². The van der Waals surface area contributed by atoms with Crippen LogP contribution < -0.4 is 14.8 Å². The van der Waals surface area contributed by atoms with E-state index in [1.807, 2.05) is 0 Å². The number of nitrogens with one attached hydrogen (secondary N) is 2. The summed E-state index contributed by atoms with van der Waals surface area (Å²) in [5, 5.41) is 2.73. The van der Waals surface area contributed by atoms with E-state index in [9.17, 15) is 13.2 Å². The Morgan fingerprint density at radius 3 is 2.68 bits per heavy atom. The average molecular weight is 479 g/mol. The number of anilines is 2. The van der Waals surface area contributed by atoms with Crippen molar-refractivity contribution in [2.75, 3.05) is 10.0 Å². The number of fused-ring (bicyclic) bond motifs is 6. The van der Waals surface area contributed by atoms with Crippen LogP contribution in [-0.2, 0) is 10.0 Å². The Bertz CT molecular complexity index is 1370. The van der Waals surface area contributed by atoms with Gasteiger partial charge in [0.15, 0.2) is 0 Å². The molecular weight excluding hydrogens is 452 g/mol. The Morgan fingerprint density at radius 2 is 1.85 bits per heavy atom. The van der Waals surface area contributed by atoms with E-state index < -0.39 is 10.0 Å². The first-order valence-corrected chi connectivity index (χ1v) is 12.8. The fourth-order valence-electron chi connectivity index (χ4n) is 4.71. The van der Waals surface area contributed by atoms with Crippen molar-refractivity contribution >= 4 is 27.6 Å². The third-order valence-corrected chi connectivity index (χ3v) is 7.86. The molecule has 2 aromatic carbocycles. The molecule has 0 radical (unpaired) electrons. The average Bonchev–Trinajstić information content (AvgIpc) is 2.78. The molecule has 5 rings (SSSR count). The smallest absolute Gasteiger partial charge is 0.264 e. The predicted octanol–water partition coefficient (Wildman–Crippen LogP) is 5.32. The van der Waals surface area contributed by atoms with Gasteiger partial charge in [0, 0.05) is 23.2 Å². The van der Waals surface area contributed by atoms with Crippen LogP contribution in [0.4, 0.5) is 11.6 Å². The quantitative estimate of drug-likeness (QED) is 0.490. The first-order valence-electron chi connectivity index (χ1n) is 11.3. The first-order chi connectivity index (χ1) is 16.2. The summed E-state index contributed by atoms with van der Waals surface area (Å²) >= 11 is 0. The number of aromatic nitrogens is 2. The van der Waals surface area contributed by atoms with E-state index in [0.29, 0.717) is 17.0 Å². The highest BCUT2D eigenvalue weighted by atomic mass is 32.2. The molecule has 1 amide bonds. The number of carbonyl (C=O) groups is 1. The lowest BCUT2D eigenvalue weighted by molar-refractivity contribution is 0.102. The zero-order valence-corrected chi connectivity index (χ0v) is 19.9. The van der Waals surface area contributed by atoms with Crippen LogP contribution in [0.3, 0.4) is 0 Å². The predicted molar refractivity (Wildman–Crippen MR) is 129 cm³/mol. The minimum atomic E-state index is -4.01. The van der Waals surface area contributed by atoms with Crippen molar-refractivity contribution < 1.29 is 17.9 Å². The second-order valence-electron chi connectivity index (χ2n) is 9.46. The maximum atomic E-state index is 13.2. The minimum absolute atomic E-state index is 0.00713. The molecule has 1 saturated carbocycles. The molecule has 0 spiro atoms. The monoisotopic (exact) mass is 478 g/mol. The van der Waals surface area contributed by atoms with Gasteiger partial charge in [-0.3, -0.25) is 4.79 Å². The van der Waals surface area contributed by atoms with Gasteiger partial charge in [-0.2, -0.15) is 4.98 Å². The van der Waals surface area contributed by atoms with Crippen LogP contribution >= 0.6 is 0 Å². The molecule has 0 saturated heterocycles. The molecule has 2 aliphatic rings. The Hall–Kier alpha value is -3.46. The van der Waals surface area contributed by atoms with Gasteiger partial charge in [-0.1, -0.05) is 38.8 Å². The first kappa shape index (κ1) is 22.3. The molecule has 1 aromatic heterocycles. The SMILES string of the molecule is CC1(C)CCCCC1c1cc2nc(n1)NS(=O)(=O)c1cccc(c1)NC(=O)c1cccc(c1)O2. The number of rotatable bonds is 1. The molecule has 1 atom stereocenters. The van der Waals surface area contributed by atoms with Gasteiger partial charge in [0.1, 0.15) is 5.75 Å². The number of hydrogen-bond acceptors (Lipinski definition) is 6. The molecule has 1 aliphatic carbocycles. The van der Waals surface area contributed by atoms with Crippen molar-refractivity contribution in [3.8, 4) is 11.6 Å². The number of sulfonamides is 1. The lowest BCUT2D eigenvalue weighted by Crippen LogP contribution is -2.27. The van der Waals surface area contributed by atoms with Crippen LogP contribution in [-0.4, -0.2) is 24.3 Å². The second-order valence-corrected chi connectivity index (χ2v) is 11.1. The van der Waals surface area contributed by atoms with Gasteiger partial charge in [0.05, 0.1) is 10.6 Å². The van der Waals surface area contributed by atoms with Crippen molar-refractivity contribution in [2.24, 2.45) is 5.41 Å². The van der Waals surface area contributed by atoms with Crippen LogP contribution in [0.25, 0.3) is 0 Å². The second kappa shape index (κ2) is 8.39. The summed E-state index contributed by atoms with van der Waals surface area (Å²) in [6, 6.07) is 14.6. The van der Waals surface area contributed by atoms with E-state index in [1.165, 1.54) is 12.1 Å². The Morgan fingerprint density at radius 1 is 1.03 bits per heavy atom. The largest absolute Gasteiger partial charge is 0.439 e. The Balaban J connectivity index is 1.66. The summed E-state index contributed by atoms with van der Waals surface area (Å²) < 4.78 is 34.8. The highest BCUT2D eigenvalue weighted by Gasteiger charge is 2.35. The Kier molecular flexibility index (Phi) is 5.51. The van der Waals surface area contributed by atoms with Crippen molar-refractivity contribution in [3.05, 3.63) is 65.9 Å². The van der Waals surface area contributed by atoms with E-state index in [0.717, 1.165) is 31.4 Å². The molecule has 3 aromatic rings. The number of nitrogens with zero attached hydrogens (tertiary/aromatic N) is 2. The summed E-state index contributed by atoms with van der Waals surface area (Å²) in [5.41, 5.74) is 1.48. The van der Waals surface area contributed by atoms with Crippen LogP contribution in [0.5, 0.6) is 11.6 Å². The summed E-state index contributed by atoms with van der Waals surface area (Å²) in [7, 11) is -4.01. The summed E-state index contributed by atoms with van der Waals surface area (Å²) in [5.74, 6) is 0.344. The van der Waals surface area contributed by atoms with E-state index in [2.05, 4.69) is 33.9 Å². The van der Waals surface area contributed by atoms with E-state index in [1.54, 1.807) is 42.5 Å². The third-order valence-electron chi connectivity index (χ3n) is 6.53. The van der Waals surface area contributed by atoms with Crippen LogP contribution in [0.1, 0.15) is 61.5 Å². The maximum Gasteiger partial charge on any atom is 0.264 e. The van der Waals surface area contributed by atoms with E-state index in [-0.39, 0.29) is 34.0 Å². The fourth-order valence-corrected chi connectivity index (χ4v) is 5.70.